The summed E-state index contributed by atoms with van der Waals surface area (Å²) in [5.41, 5.74) is 1.44. The van der Waals surface area contributed by atoms with Crippen molar-refractivity contribution in [2.45, 2.75) is 9.79 Å². The molecule has 0 aliphatic heterocycles. The van der Waals surface area contributed by atoms with E-state index in [1.165, 1.54) is 12.1 Å². The number of phenolic OH excluding ortho intramolecular Hbond substituents is 1. The summed E-state index contributed by atoms with van der Waals surface area (Å²) in [5, 5.41) is 10.9. The van der Waals surface area contributed by atoms with E-state index in [9.17, 15) is 31.0 Å². The third-order valence-corrected chi connectivity index (χ3v) is 6.08. The number of phenols is 1. The summed E-state index contributed by atoms with van der Waals surface area (Å²) in [5.74, 6) is -0.753. The van der Waals surface area contributed by atoms with E-state index < -0.39 is 35.8 Å². The molecule has 0 heterocycles. The summed E-state index contributed by atoms with van der Waals surface area (Å²) in [6.45, 7) is 0. The van der Waals surface area contributed by atoms with Crippen LogP contribution in [0.15, 0.2) is 63.9 Å². The molecule has 0 aromatic heterocycles. The molecular weight excluding hydrogens is 418 g/mol. The molecule has 0 radical (unpaired) electrons. The lowest BCUT2D eigenvalue weighted by molar-refractivity contribution is -0.462. The lowest BCUT2D eigenvalue weighted by atomic mass is 9.99. The molecule has 0 spiro atoms. The van der Waals surface area contributed by atoms with Gasteiger partial charge in [-0.2, -0.15) is 8.42 Å². The molecule has 2 N–H and O–H groups in total. The Morgan fingerprint density at radius 2 is 1.62 bits per heavy atom. The summed E-state index contributed by atoms with van der Waals surface area (Å²) < 4.78 is 68.8. The predicted molar refractivity (Wildman–Crippen MR) is 107 cm³/mol. The van der Waals surface area contributed by atoms with Crippen molar-refractivity contribution in [2.24, 2.45) is 0 Å². The Morgan fingerprint density at radius 3 is 2.14 bits per heavy atom. The average molecular weight is 435 g/mol. The number of aromatic hydroxyl groups is 1. The van der Waals surface area contributed by atoms with Crippen molar-refractivity contribution in [3.05, 3.63) is 59.7 Å². The van der Waals surface area contributed by atoms with E-state index in [-0.39, 0.29) is 16.3 Å². The molecule has 0 fully saturated rings. The molecule has 0 bridgehead atoms. The zero-order chi connectivity index (χ0) is 21.6. The van der Waals surface area contributed by atoms with Gasteiger partial charge in [0.2, 0.25) is 0 Å². The van der Waals surface area contributed by atoms with Gasteiger partial charge in [-0.25, -0.2) is 13.0 Å². The molecule has 10 heteroatoms. The number of fused-ring (bicyclic) bond motifs is 1. The van der Waals surface area contributed by atoms with E-state index in [4.69, 9.17) is 0 Å². The fraction of sp³-hybridized carbons (Fsp3) is 0.105. The molecule has 2 aromatic rings. The number of hydrogen-bond acceptors (Lipinski definition) is 6. The third-order valence-electron chi connectivity index (χ3n) is 4.38. The smallest absolute Gasteiger partial charge is 0.298 e. The monoisotopic (exact) mass is 435 g/mol. The number of allylic oxidation sites excluding steroid dienone is 5. The molecule has 1 aliphatic carbocycles. The lowest BCUT2D eigenvalue weighted by Crippen LogP contribution is -2.09. The van der Waals surface area contributed by atoms with Crippen molar-refractivity contribution < 1.29 is 35.6 Å². The molecule has 0 atom stereocenters. The average Bonchev–Trinajstić information content (AvgIpc) is 2.62. The van der Waals surface area contributed by atoms with Gasteiger partial charge in [0.05, 0.1) is 4.90 Å². The fourth-order valence-corrected chi connectivity index (χ4v) is 4.03. The Hall–Kier alpha value is -2.79. The topological polar surface area (TPSA) is 135 Å². The second-order valence-electron chi connectivity index (χ2n) is 6.58. The van der Waals surface area contributed by atoms with Gasteiger partial charge in [-0.1, -0.05) is 6.07 Å². The minimum absolute atomic E-state index is 0.0433. The van der Waals surface area contributed by atoms with Crippen molar-refractivity contribution >= 4 is 42.8 Å². The Morgan fingerprint density at radius 1 is 1.00 bits per heavy atom. The SMILES string of the molecule is C[N+](C)=C1C=CC(=Cc2c(O)c(S(=O)(=O)O)cc3ccc(S(=O)(=O)[O-])cc23)C=C1. The van der Waals surface area contributed by atoms with Crippen molar-refractivity contribution in [2.75, 3.05) is 14.1 Å². The lowest BCUT2D eigenvalue weighted by Gasteiger charge is -2.13. The van der Waals surface area contributed by atoms with Crippen LogP contribution in [0.5, 0.6) is 5.75 Å². The van der Waals surface area contributed by atoms with E-state index in [1.807, 2.05) is 18.7 Å². The summed E-state index contributed by atoms with van der Waals surface area (Å²) in [6.07, 6.45) is 8.47. The maximum atomic E-state index is 11.7. The molecule has 152 valence electrons. The summed E-state index contributed by atoms with van der Waals surface area (Å²) >= 11 is 0. The van der Waals surface area contributed by atoms with Crippen LogP contribution in [0.2, 0.25) is 0 Å². The van der Waals surface area contributed by atoms with E-state index >= 15 is 0 Å². The first-order chi connectivity index (χ1) is 13.4. The van der Waals surface area contributed by atoms with Crippen molar-refractivity contribution in [3.63, 3.8) is 0 Å². The largest absolute Gasteiger partial charge is 0.744 e. The van der Waals surface area contributed by atoms with E-state index in [1.54, 1.807) is 24.3 Å². The van der Waals surface area contributed by atoms with E-state index in [0.717, 1.165) is 23.9 Å². The van der Waals surface area contributed by atoms with Crippen LogP contribution < -0.4 is 0 Å². The van der Waals surface area contributed by atoms with E-state index in [2.05, 4.69) is 0 Å². The minimum atomic E-state index is -4.77. The van der Waals surface area contributed by atoms with Gasteiger partial charge in [-0.3, -0.25) is 4.55 Å². The van der Waals surface area contributed by atoms with Gasteiger partial charge < -0.3 is 9.66 Å². The maximum absolute atomic E-state index is 11.7. The Kier molecular flexibility index (Phi) is 5.22. The molecule has 29 heavy (non-hydrogen) atoms. The molecule has 2 aromatic carbocycles. The van der Waals surface area contributed by atoms with Crippen molar-refractivity contribution in [3.8, 4) is 5.75 Å². The molecule has 0 saturated heterocycles. The van der Waals surface area contributed by atoms with Crippen molar-refractivity contribution in [1.29, 1.82) is 0 Å². The molecule has 8 nitrogen and oxygen atoms in total. The van der Waals surface area contributed by atoms with Gasteiger partial charge in [0, 0.05) is 17.7 Å². The van der Waals surface area contributed by atoms with Crippen LogP contribution in [0.25, 0.3) is 16.8 Å². The molecule has 0 unspecified atom stereocenters. The molecule has 1 aliphatic rings. The highest BCUT2D eigenvalue weighted by molar-refractivity contribution is 7.86. The van der Waals surface area contributed by atoms with Gasteiger partial charge in [0.1, 0.15) is 34.9 Å². The van der Waals surface area contributed by atoms with Crippen LogP contribution in [-0.2, 0) is 20.2 Å². The first-order valence-electron chi connectivity index (χ1n) is 8.23. The molecule has 0 amide bonds. The van der Waals surface area contributed by atoms with Crippen LogP contribution in [0, 0.1) is 0 Å². The van der Waals surface area contributed by atoms with Gasteiger partial charge >= 0.3 is 0 Å². The van der Waals surface area contributed by atoms with Crippen LogP contribution in [0.3, 0.4) is 0 Å². The quantitative estimate of drug-likeness (QED) is 0.555. The fourth-order valence-electron chi connectivity index (χ4n) is 2.90. The Balaban J connectivity index is 2.35. The predicted octanol–water partition coefficient (Wildman–Crippen LogP) is 1.92. The molecular formula is C19H17NO7S2. The Labute approximate surface area is 167 Å². The molecule has 3 rings (SSSR count). The van der Waals surface area contributed by atoms with Gasteiger partial charge in [-0.15, -0.1) is 0 Å². The number of hydrogen-bond donors (Lipinski definition) is 2. The van der Waals surface area contributed by atoms with Gasteiger partial charge in [0.15, 0.2) is 5.71 Å². The maximum Gasteiger partial charge on any atom is 0.298 e. The second-order valence-corrected chi connectivity index (χ2v) is 9.35. The van der Waals surface area contributed by atoms with Crippen LogP contribution in [0.4, 0.5) is 0 Å². The highest BCUT2D eigenvalue weighted by Gasteiger charge is 2.21. The Bertz CT molecular complexity index is 1340. The normalized spacial score (nSPS) is 14.5. The standard InChI is InChI=1S/C19H17NO7S2/c1-20(2)14-6-3-12(4-7-14)9-17-16-11-15(28(22,23)24)8-5-13(16)10-18(19(17)21)29(25,26)27/h3-11H,1-2H3,(H2,22,23,24,25,26,27). The summed E-state index contributed by atoms with van der Waals surface area (Å²) in [4.78, 5) is -1.25. The molecule has 0 saturated carbocycles. The highest BCUT2D eigenvalue weighted by Crippen LogP contribution is 2.37. The first kappa shape index (κ1) is 20.9. The van der Waals surface area contributed by atoms with Gasteiger partial charge in [0.25, 0.3) is 10.1 Å². The first-order valence-corrected chi connectivity index (χ1v) is 11.1. The number of benzene rings is 2. The third kappa shape index (κ3) is 4.30. The summed E-state index contributed by atoms with van der Waals surface area (Å²) in [6, 6.07) is 4.34. The summed E-state index contributed by atoms with van der Waals surface area (Å²) in [7, 11) is -5.80. The van der Waals surface area contributed by atoms with E-state index in [0.29, 0.717) is 5.57 Å². The zero-order valence-corrected chi connectivity index (χ0v) is 17.0. The van der Waals surface area contributed by atoms with Gasteiger partial charge in [-0.05, 0) is 52.8 Å². The zero-order valence-electron chi connectivity index (χ0n) is 15.4. The number of rotatable bonds is 3. The van der Waals surface area contributed by atoms with Crippen LogP contribution in [-0.4, -0.2) is 55.4 Å². The van der Waals surface area contributed by atoms with Crippen LogP contribution in [0.1, 0.15) is 5.56 Å². The second kappa shape index (κ2) is 7.23. The van der Waals surface area contributed by atoms with Crippen LogP contribution >= 0.6 is 0 Å². The number of nitrogens with zero attached hydrogens (tertiary/aromatic N) is 1. The van der Waals surface area contributed by atoms with Crippen molar-refractivity contribution in [1.82, 2.24) is 0 Å². The highest BCUT2D eigenvalue weighted by atomic mass is 32.2. The minimum Gasteiger partial charge on any atom is -0.744 e.